The molecule has 1 aliphatic carbocycles. The number of nitrogens with zero attached hydrogens (tertiary/aromatic N) is 1. The fourth-order valence-electron chi connectivity index (χ4n) is 3.48. The Morgan fingerprint density at radius 2 is 1.74 bits per heavy atom. The Bertz CT molecular complexity index is 212. The zero-order valence-corrected chi connectivity index (χ0v) is 14.6. The molecule has 4 heteroatoms. The third-order valence-corrected chi connectivity index (χ3v) is 4.86. The topological polar surface area (TPSA) is 21.7 Å². The molecule has 2 aliphatic rings. The van der Waals surface area contributed by atoms with Gasteiger partial charge in [-0.05, 0) is 51.1 Å². The lowest BCUT2D eigenvalue weighted by molar-refractivity contribution is 0.0599. The summed E-state index contributed by atoms with van der Waals surface area (Å²) in [5.41, 5.74) is 0. The first kappa shape index (κ1) is 17.1. The smallest absolute Gasteiger partial charge is 0.303 e. The summed E-state index contributed by atoms with van der Waals surface area (Å²) in [4.78, 5) is 2.80. The molecular formula is C15H33NO2Si. The molecule has 2 rings (SSSR count). The van der Waals surface area contributed by atoms with Crippen molar-refractivity contribution in [3.63, 3.8) is 0 Å². The van der Waals surface area contributed by atoms with E-state index in [0.29, 0.717) is 0 Å². The normalized spacial score (nSPS) is 27.3. The van der Waals surface area contributed by atoms with Crippen molar-refractivity contribution in [2.75, 3.05) is 27.3 Å². The molecule has 0 aromatic heterocycles. The van der Waals surface area contributed by atoms with Gasteiger partial charge in [0.05, 0.1) is 0 Å². The van der Waals surface area contributed by atoms with Crippen molar-refractivity contribution in [1.29, 1.82) is 0 Å². The Hall–Kier alpha value is 0.0969. The summed E-state index contributed by atoms with van der Waals surface area (Å²) >= 11 is 0. The van der Waals surface area contributed by atoms with Gasteiger partial charge in [0.25, 0.3) is 0 Å². The first-order valence-electron chi connectivity index (χ1n) is 8.05. The van der Waals surface area contributed by atoms with Crippen molar-refractivity contribution in [3.8, 4) is 0 Å². The van der Waals surface area contributed by atoms with Gasteiger partial charge in [-0.1, -0.05) is 26.2 Å². The lowest BCUT2D eigenvalue weighted by Crippen LogP contribution is -2.46. The average Bonchev–Trinajstić information content (AvgIpc) is 2.46. The molecule has 0 aromatic rings. The van der Waals surface area contributed by atoms with Crippen LogP contribution in [0.3, 0.4) is 0 Å². The van der Waals surface area contributed by atoms with Gasteiger partial charge in [0.2, 0.25) is 0 Å². The maximum atomic E-state index is 4.61. The van der Waals surface area contributed by atoms with Crippen molar-refractivity contribution in [1.82, 2.24) is 4.90 Å². The number of hydrogen-bond acceptors (Lipinski definition) is 3. The van der Waals surface area contributed by atoms with Crippen LogP contribution in [0.5, 0.6) is 0 Å². The van der Waals surface area contributed by atoms with E-state index in [1.54, 1.807) is 14.2 Å². The molecule has 0 spiro atoms. The second kappa shape index (κ2) is 10.8. The van der Waals surface area contributed by atoms with E-state index in [1.165, 1.54) is 64.5 Å². The number of hydrogen-bond donors (Lipinski definition) is 0. The first-order chi connectivity index (χ1) is 9.33. The van der Waals surface area contributed by atoms with Gasteiger partial charge in [-0.25, -0.2) is 0 Å². The highest BCUT2D eigenvalue weighted by Gasteiger charge is 2.32. The number of rotatable bonds is 5. The number of likely N-dealkylation sites (tertiary alicyclic amines) is 1. The number of unbranched alkanes of at least 4 members (excludes halogenated alkanes) is 1. The van der Waals surface area contributed by atoms with Crippen LogP contribution in [-0.2, 0) is 8.85 Å². The Labute approximate surface area is 122 Å². The molecule has 0 bridgehead atoms. The van der Waals surface area contributed by atoms with Gasteiger partial charge in [-0.2, -0.15) is 0 Å². The molecular weight excluding hydrogens is 254 g/mol. The minimum atomic E-state index is -0.568. The number of piperidine rings is 1. The third-order valence-electron chi connectivity index (χ3n) is 4.39. The van der Waals surface area contributed by atoms with E-state index >= 15 is 0 Å². The first-order valence-corrected chi connectivity index (χ1v) is 9.20. The van der Waals surface area contributed by atoms with Crippen LogP contribution in [0.1, 0.15) is 58.3 Å². The second-order valence-electron chi connectivity index (χ2n) is 5.84. The van der Waals surface area contributed by atoms with Crippen LogP contribution < -0.4 is 0 Å². The molecule has 0 amide bonds. The van der Waals surface area contributed by atoms with E-state index in [-0.39, 0.29) is 0 Å². The molecule has 3 nitrogen and oxygen atoms in total. The zero-order chi connectivity index (χ0) is 13.9. The molecule has 2 atom stereocenters. The summed E-state index contributed by atoms with van der Waals surface area (Å²) in [6.45, 7) is 5.07. The van der Waals surface area contributed by atoms with Crippen LogP contribution in [0.25, 0.3) is 0 Å². The monoisotopic (exact) mass is 287 g/mol. The summed E-state index contributed by atoms with van der Waals surface area (Å²) in [5, 5.41) is 0. The standard InChI is InChI=1S/C13H25N.C2H8O2Si/c1-2-3-10-14-11-6-8-12-7-4-5-9-13(12)14;1-3-5-4-2/h12-13H,2-11H2,1H3;5H2,1-2H3. The van der Waals surface area contributed by atoms with Crippen molar-refractivity contribution in [2.24, 2.45) is 5.92 Å². The average molecular weight is 288 g/mol. The molecule has 1 aliphatic heterocycles. The lowest BCUT2D eigenvalue weighted by atomic mass is 9.78. The molecule has 0 aromatic carbocycles. The Kier molecular flexibility index (Phi) is 9.78. The van der Waals surface area contributed by atoms with E-state index in [9.17, 15) is 0 Å². The Morgan fingerprint density at radius 3 is 2.37 bits per heavy atom. The van der Waals surface area contributed by atoms with Gasteiger partial charge in [-0.3, -0.25) is 0 Å². The quantitative estimate of drug-likeness (QED) is 0.726. The molecule has 0 N–H and O–H groups in total. The van der Waals surface area contributed by atoms with Crippen molar-refractivity contribution >= 4 is 10.0 Å². The molecule has 1 saturated heterocycles. The maximum Gasteiger partial charge on any atom is 0.303 e. The molecule has 114 valence electrons. The van der Waals surface area contributed by atoms with Crippen molar-refractivity contribution in [3.05, 3.63) is 0 Å². The molecule has 19 heavy (non-hydrogen) atoms. The van der Waals surface area contributed by atoms with E-state index < -0.39 is 10.0 Å². The van der Waals surface area contributed by atoms with Gasteiger partial charge in [0, 0.05) is 20.3 Å². The minimum Gasteiger partial charge on any atom is -0.402 e. The highest BCUT2D eigenvalue weighted by molar-refractivity contribution is 6.17. The Balaban J connectivity index is 0.000000312. The number of fused-ring (bicyclic) bond motifs is 1. The van der Waals surface area contributed by atoms with Crippen LogP contribution in [-0.4, -0.2) is 48.3 Å². The predicted molar refractivity (Wildman–Crippen MR) is 84.0 cm³/mol. The van der Waals surface area contributed by atoms with E-state index in [1.807, 2.05) is 0 Å². The van der Waals surface area contributed by atoms with E-state index in [4.69, 9.17) is 0 Å². The fourth-order valence-corrected chi connectivity index (χ4v) is 3.72. The summed E-state index contributed by atoms with van der Waals surface area (Å²) in [6, 6.07) is 0.976. The largest absolute Gasteiger partial charge is 0.402 e. The highest BCUT2D eigenvalue weighted by atomic mass is 28.3. The molecule has 2 unspecified atom stereocenters. The molecule has 1 heterocycles. The maximum absolute atomic E-state index is 4.61. The molecule has 1 saturated carbocycles. The van der Waals surface area contributed by atoms with E-state index in [2.05, 4.69) is 20.7 Å². The summed E-state index contributed by atoms with van der Waals surface area (Å²) in [5.74, 6) is 1.06. The van der Waals surface area contributed by atoms with Crippen molar-refractivity contribution < 1.29 is 8.85 Å². The fraction of sp³-hybridized carbons (Fsp3) is 1.00. The van der Waals surface area contributed by atoms with Crippen LogP contribution in [0.15, 0.2) is 0 Å². The van der Waals surface area contributed by atoms with Crippen LogP contribution in [0, 0.1) is 5.92 Å². The summed E-state index contributed by atoms with van der Waals surface area (Å²) in [7, 11) is 2.73. The van der Waals surface area contributed by atoms with Gasteiger partial charge in [0.1, 0.15) is 0 Å². The molecule has 0 radical (unpaired) electrons. The second-order valence-corrected chi connectivity index (χ2v) is 7.23. The molecule has 2 fully saturated rings. The van der Waals surface area contributed by atoms with Gasteiger partial charge in [-0.15, -0.1) is 0 Å². The predicted octanol–water partition coefficient (Wildman–Crippen LogP) is 2.72. The lowest BCUT2D eigenvalue weighted by Gasteiger charge is -2.44. The SMILES string of the molecule is CCCCN1CCCC2CCCCC21.CO[SiH2]OC. The van der Waals surface area contributed by atoms with Crippen LogP contribution in [0.4, 0.5) is 0 Å². The Morgan fingerprint density at radius 1 is 1.05 bits per heavy atom. The third kappa shape index (κ3) is 6.39. The van der Waals surface area contributed by atoms with Crippen molar-refractivity contribution in [2.45, 2.75) is 64.3 Å². The van der Waals surface area contributed by atoms with Crippen LogP contribution >= 0.6 is 0 Å². The minimum absolute atomic E-state index is 0.568. The van der Waals surface area contributed by atoms with E-state index in [0.717, 1.165) is 12.0 Å². The highest BCUT2D eigenvalue weighted by Crippen LogP contribution is 2.35. The van der Waals surface area contributed by atoms with Gasteiger partial charge in [0.15, 0.2) is 0 Å². The van der Waals surface area contributed by atoms with Crippen LogP contribution in [0.2, 0.25) is 0 Å². The zero-order valence-electron chi connectivity index (χ0n) is 13.2. The summed E-state index contributed by atoms with van der Waals surface area (Å²) < 4.78 is 9.22. The van der Waals surface area contributed by atoms with Gasteiger partial charge < -0.3 is 13.8 Å². The van der Waals surface area contributed by atoms with Gasteiger partial charge >= 0.3 is 10.0 Å². The summed E-state index contributed by atoms with van der Waals surface area (Å²) in [6.07, 6.45) is 11.8.